The predicted octanol–water partition coefficient (Wildman–Crippen LogP) is 1.90. The third kappa shape index (κ3) is 9.36. The molecule has 1 aromatic rings. The average Bonchev–Trinajstić information content (AvgIpc) is 2.62. The number of esters is 1. The Hall–Kier alpha value is -2.61. The van der Waals surface area contributed by atoms with Gasteiger partial charge in [0.2, 0.25) is 5.91 Å². The molecule has 0 fully saturated rings. The van der Waals surface area contributed by atoms with Gasteiger partial charge in [-0.2, -0.15) is 0 Å². The summed E-state index contributed by atoms with van der Waals surface area (Å²) in [4.78, 5) is 36.7. The summed E-state index contributed by atoms with van der Waals surface area (Å²) in [6.07, 6.45) is -0.620. The fourth-order valence-electron chi connectivity index (χ4n) is 2.22. The number of carbonyl (C=O) groups excluding carboxylic acids is 3. The number of aliphatic hydroxyl groups excluding tert-OH is 1. The van der Waals surface area contributed by atoms with Crippen LogP contribution in [-0.2, 0) is 25.7 Å². The molecule has 8 heteroatoms. The van der Waals surface area contributed by atoms with Gasteiger partial charge in [0.1, 0.15) is 18.2 Å². The Kier molecular flexibility index (Phi) is 9.44. The molecule has 0 spiro atoms. The van der Waals surface area contributed by atoms with E-state index in [1.807, 2.05) is 25.1 Å². The van der Waals surface area contributed by atoms with E-state index >= 15 is 0 Å². The van der Waals surface area contributed by atoms with E-state index < -0.39 is 35.7 Å². The van der Waals surface area contributed by atoms with Crippen molar-refractivity contribution in [3.63, 3.8) is 0 Å². The van der Waals surface area contributed by atoms with Crippen LogP contribution in [0.4, 0.5) is 4.79 Å². The van der Waals surface area contributed by atoms with Gasteiger partial charge in [0.15, 0.2) is 0 Å². The summed E-state index contributed by atoms with van der Waals surface area (Å²) in [6.45, 7) is 6.68. The summed E-state index contributed by atoms with van der Waals surface area (Å²) >= 11 is 0. The van der Waals surface area contributed by atoms with E-state index in [2.05, 4.69) is 10.6 Å². The van der Waals surface area contributed by atoms with Crippen molar-refractivity contribution in [1.29, 1.82) is 0 Å². The maximum absolute atomic E-state index is 12.5. The summed E-state index contributed by atoms with van der Waals surface area (Å²) in [5, 5.41) is 14.2. The van der Waals surface area contributed by atoms with E-state index in [-0.39, 0.29) is 19.6 Å². The molecule has 3 N–H and O–H groups in total. The molecule has 2 atom stereocenters. The highest BCUT2D eigenvalue weighted by Crippen LogP contribution is 2.09. The van der Waals surface area contributed by atoms with Crippen LogP contribution in [0.1, 0.15) is 46.1 Å². The normalized spacial score (nSPS) is 13.2. The van der Waals surface area contributed by atoms with Gasteiger partial charge >= 0.3 is 12.1 Å². The van der Waals surface area contributed by atoms with Crippen LogP contribution in [0.15, 0.2) is 30.3 Å². The van der Waals surface area contributed by atoms with Crippen molar-refractivity contribution >= 4 is 18.0 Å². The van der Waals surface area contributed by atoms with Gasteiger partial charge in [-0.15, -0.1) is 0 Å². The van der Waals surface area contributed by atoms with Gasteiger partial charge < -0.3 is 25.2 Å². The maximum Gasteiger partial charge on any atom is 0.408 e. The summed E-state index contributed by atoms with van der Waals surface area (Å²) in [5.74, 6) is -1.24. The molecule has 0 aliphatic rings. The summed E-state index contributed by atoms with van der Waals surface area (Å²) in [7, 11) is 0. The number of nitrogens with one attached hydrogen (secondary N) is 2. The molecule has 0 aliphatic carbocycles. The SMILES string of the molecule is CC[C@H](CO)NC(=O)C[C@H](NC(=O)OC(C)(C)C)C(=O)OCc1ccccc1. The molecule has 0 saturated carbocycles. The number of aliphatic hydroxyl groups is 1. The van der Waals surface area contributed by atoms with E-state index in [0.717, 1.165) is 5.56 Å². The zero-order valence-electron chi connectivity index (χ0n) is 16.9. The summed E-state index contributed by atoms with van der Waals surface area (Å²) in [5.41, 5.74) is 0.0253. The van der Waals surface area contributed by atoms with E-state index in [0.29, 0.717) is 6.42 Å². The van der Waals surface area contributed by atoms with Crippen LogP contribution >= 0.6 is 0 Å². The average molecular weight is 394 g/mol. The third-order valence-electron chi connectivity index (χ3n) is 3.67. The highest BCUT2D eigenvalue weighted by Gasteiger charge is 2.28. The second kappa shape index (κ2) is 11.3. The van der Waals surface area contributed by atoms with Crippen molar-refractivity contribution in [2.45, 2.75) is 64.8 Å². The first-order valence-electron chi connectivity index (χ1n) is 9.25. The number of hydrogen-bond donors (Lipinski definition) is 3. The Morgan fingerprint density at radius 2 is 1.75 bits per heavy atom. The minimum absolute atomic E-state index is 0.0159. The summed E-state index contributed by atoms with van der Waals surface area (Å²) in [6, 6.07) is 7.42. The Morgan fingerprint density at radius 3 is 2.29 bits per heavy atom. The molecule has 0 saturated heterocycles. The molecule has 0 aromatic heterocycles. The lowest BCUT2D eigenvalue weighted by atomic mass is 10.1. The Morgan fingerprint density at radius 1 is 1.11 bits per heavy atom. The maximum atomic E-state index is 12.5. The smallest absolute Gasteiger partial charge is 0.408 e. The Bertz CT molecular complexity index is 638. The molecule has 0 radical (unpaired) electrons. The molecular formula is C20H30N2O6. The molecular weight excluding hydrogens is 364 g/mol. The lowest BCUT2D eigenvalue weighted by Gasteiger charge is -2.23. The number of carbonyl (C=O) groups is 3. The van der Waals surface area contributed by atoms with Crippen LogP contribution in [0.2, 0.25) is 0 Å². The van der Waals surface area contributed by atoms with Crippen molar-refractivity contribution in [3.05, 3.63) is 35.9 Å². The molecule has 156 valence electrons. The minimum atomic E-state index is -1.21. The van der Waals surface area contributed by atoms with Crippen LogP contribution in [0.5, 0.6) is 0 Å². The standard InChI is InChI=1S/C20H30N2O6/c1-5-15(12-23)21-17(24)11-16(22-19(26)28-20(2,3)4)18(25)27-13-14-9-7-6-8-10-14/h6-10,15-16,23H,5,11-13H2,1-4H3,(H,21,24)(H,22,26)/t15-,16+/m1/s1. The van der Waals surface area contributed by atoms with Gasteiger partial charge in [-0.05, 0) is 32.8 Å². The number of amides is 2. The van der Waals surface area contributed by atoms with Gasteiger partial charge in [0.05, 0.1) is 19.1 Å². The van der Waals surface area contributed by atoms with E-state index in [1.165, 1.54) is 0 Å². The molecule has 0 heterocycles. The minimum Gasteiger partial charge on any atom is -0.459 e. The van der Waals surface area contributed by atoms with Crippen molar-refractivity contribution in [2.75, 3.05) is 6.61 Å². The summed E-state index contributed by atoms with van der Waals surface area (Å²) < 4.78 is 10.4. The lowest BCUT2D eigenvalue weighted by Crippen LogP contribution is -2.48. The highest BCUT2D eigenvalue weighted by atomic mass is 16.6. The molecule has 0 aliphatic heterocycles. The lowest BCUT2D eigenvalue weighted by molar-refractivity contribution is -0.149. The number of benzene rings is 1. The monoisotopic (exact) mass is 394 g/mol. The highest BCUT2D eigenvalue weighted by molar-refractivity contribution is 5.88. The zero-order valence-corrected chi connectivity index (χ0v) is 16.9. The van der Waals surface area contributed by atoms with Crippen LogP contribution in [0, 0.1) is 0 Å². The van der Waals surface area contributed by atoms with Crippen molar-refractivity contribution in [2.24, 2.45) is 0 Å². The quantitative estimate of drug-likeness (QED) is 0.551. The molecule has 0 unspecified atom stereocenters. The molecule has 28 heavy (non-hydrogen) atoms. The van der Waals surface area contributed by atoms with Gasteiger partial charge in [-0.1, -0.05) is 37.3 Å². The van der Waals surface area contributed by atoms with Gasteiger partial charge in [0, 0.05) is 0 Å². The Balaban J connectivity index is 2.76. The van der Waals surface area contributed by atoms with Crippen molar-refractivity contribution in [1.82, 2.24) is 10.6 Å². The number of ether oxygens (including phenoxy) is 2. The van der Waals surface area contributed by atoms with Crippen LogP contribution in [0.3, 0.4) is 0 Å². The fourth-order valence-corrected chi connectivity index (χ4v) is 2.22. The number of alkyl carbamates (subject to hydrolysis) is 1. The van der Waals surface area contributed by atoms with Gasteiger partial charge in [0.25, 0.3) is 0 Å². The second-order valence-corrected chi connectivity index (χ2v) is 7.35. The first-order chi connectivity index (χ1) is 13.1. The first-order valence-corrected chi connectivity index (χ1v) is 9.25. The molecule has 1 aromatic carbocycles. The van der Waals surface area contributed by atoms with Crippen molar-refractivity contribution < 1.29 is 29.0 Å². The number of rotatable bonds is 9. The van der Waals surface area contributed by atoms with E-state index in [4.69, 9.17) is 9.47 Å². The third-order valence-corrected chi connectivity index (χ3v) is 3.67. The first kappa shape index (κ1) is 23.4. The van der Waals surface area contributed by atoms with E-state index in [9.17, 15) is 19.5 Å². The van der Waals surface area contributed by atoms with Crippen molar-refractivity contribution in [3.8, 4) is 0 Å². The van der Waals surface area contributed by atoms with Crippen LogP contribution in [0.25, 0.3) is 0 Å². The Labute approximate surface area is 165 Å². The topological polar surface area (TPSA) is 114 Å². The molecule has 8 nitrogen and oxygen atoms in total. The second-order valence-electron chi connectivity index (χ2n) is 7.35. The molecule has 1 rings (SSSR count). The largest absolute Gasteiger partial charge is 0.459 e. The molecule has 2 amide bonds. The van der Waals surface area contributed by atoms with Crippen LogP contribution < -0.4 is 10.6 Å². The fraction of sp³-hybridized carbons (Fsp3) is 0.550. The predicted molar refractivity (Wildman–Crippen MR) is 103 cm³/mol. The zero-order chi connectivity index (χ0) is 21.2. The number of hydrogen-bond acceptors (Lipinski definition) is 6. The van der Waals surface area contributed by atoms with Gasteiger partial charge in [-0.25, -0.2) is 9.59 Å². The molecule has 0 bridgehead atoms. The van der Waals surface area contributed by atoms with Gasteiger partial charge in [-0.3, -0.25) is 4.79 Å². The van der Waals surface area contributed by atoms with Crippen LogP contribution in [-0.4, -0.2) is 47.4 Å². The van der Waals surface area contributed by atoms with E-state index in [1.54, 1.807) is 32.9 Å².